The maximum Gasteiger partial charge on any atom is 0.417 e. The predicted molar refractivity (Wildman–Crippen MR) is 72.2 cm³/mol. The Bertz CT molecular complexity index is 703. The fraction of sp³-hybridized carbons (Fsp3) is 0.429. The molecule has 2 N–H and O–H groups in total. The fourth-order valence-electron chi connectivity index (χ4n) is 2.61. The van der Waals surface area contributed by atoms with Crippen LogP contribution < -0.4 is 0 Å². The molecular formula is C14H14F3N3O2. The van der Waals surface area contributed by atoms with E-state index in [2.05, 4.69) is 9.97 Å². The molecule has 1 aliphatic heterocycles. The van der Waals surface area contributed by atoms with Crippen molar-refractivity contribution in [3.05, 3.63) is 30.1 Å². The number of aromatic nitrogens is 2. The quantitative estimate of drug-likeness (QED) is 0.847. The Morgan fingerprint density at radius 1 is 1.32 bits per heavy atom. The summed E-state index contributed by atoms with van der Waals surface area (Å²) in [7, 11) is 0. The summed E-state index contributed by atoms with van der Waals surface area (Å²) < 4.78 is 38.3. The van der Waals surface area contributed by atoms with E-state index < -0.39 is 24.6 Å². The maximum atomic E-state index is 12.8. The number of hydrogen-bond donors (Lipinski definition) is 2. The van der Waals surface area contributed by atoms with Gasteiger partial charge in [-0.2, -0.15) is 13.2 Å². The van der Waals surface area contributed by atoms with E-state index in [-0.39, 0.29) is 19.0 Å². The molecule has 0 atom stereocenters. The molecule has 0 spiro atoms. The Balaban J connectivity index is 1.74. The minimum absolute atomic E-state index is 0.129. The van der Waals surface area contributed by atoms with Crippen LogP contribution >= 0.6 is 0 Å². The summed E-state index contributed by atoms with van der Waals surface area (Å²) in [6.45, 7) is -0.258. The van der Waals surface area contributed by atoms with Crippen LogP contribution in [0.3, 0.4) is 0 Å². The van der Waals surface area contributed by atoms with E-state index in [1.165, 1.54) is 11.2 Å². The molecule has 3 rings (SSSR count). The Kier molecular flexibility index (Phi) is 3.36. The first-order valence-electron chi connectivity index (χ1n) is 6.82. The van der Waals surface area contributed by atoms with Gasteiger partial charge in [0, 0.05) is 31.5 Å². The number of nitrogens with zero attached hydrogens (tertiary/aromatic N) is 2. The van der Waals surface area contributed by atoms with Gasteiger partial charge in [-0.15, -0.1) is 0 Å². The smallest absolute Gasteiger partial charge is 0.380 e. The van der Waals surface area contributed by atoms with Crippen molar-refractivity contribution in [3.8, 4) is 0 Å². The third-order valence-corrected chi connectivity index (χ3v) is 4.07. The number of fused-ring (bicyclic) bond motifs is 1. The van der Waals surface area contributed by atoms with Crippen molar-refractivity contribution in [2.75, 3.05) is 13.1 Å². The van der Waals surface area contributed by atoms with Crippen molar-refractivity contribution in [2.24, 2.45) is 0 Å². The van der Waals surface area contributed by atoms with Crippen molar-refractivity contribution in [2.45, 2.75) is 24.6 Å². The van der Waals surface area contributed by atoms with Gasteiger partial charge >= 0.3 is 6.18 Å². The van der Waals surface area contributed by atoms with Gasteiger partial charge in [-0.1, -0.05) is 0 Å². The van der Waals surface area contributed by atoms with Gasteiger partial charge in [0.2, 0.25) is 0 Å². The SMILES string of the molecule is O=C(c1ccc2nc[nH]c2c1)N1CCC(O)(C(F)(F)F)CC1. The van der Waals surface area contributed by atoms with Crippen LogP contribution in [0.25, 0.3) is 11.0 Å². The van der Waals surface area contributed by atoms with Crippen molar-refractivity contribution < 1.29 is 23.1 Å². The lowest BCUT2D eigenvalue weighted by Crippen LogP contribution is -2.54. The molecule has 0 saturated carbocycles. The van der Waals surface area contributed by atoms with Crippen molar-refractivity contribution in [1.82, 2.24) is 14.9 Å². The summed E-state index contributed by atoms with van der Waals surface area (Å²) in [5.41, 5.74) is -0.914. The first-order chi connectivity index (χ1) is 10.3. The third kappa shape index (κ3) is 2.43. The van der Waals surface area contributed by atoms with Gasteiger partial charge in [0.15, 0.2) is 5.60 Å². The number of rotatable bonds is 1. The Hall–Kier alpha value is -2.09. The van der Waals surface area contributed by atoms with Crippen LogP contribution in [0.15, 0.2) is 24.5 Å². The highest BCUT2D eigenvalue weighted by Gasteiger charge is 2.54. The van der Waals surface area contributed by atoms with E-state index in [4.69, 9.17) is 0 Å². The Morgan fingerprint density at radius 3 is 2.64 bits per heavy atom. The molecule has 8 heteroatoms. The van der Waals surface area contributed by atoms with Gasteiger partial charge in [-0.05, 0) is 18.2 Å². The van der Waals surface area contributed by atoms with Crippen LogP contribution in [0.1, 0.15) is 23.2 Å². The molecule has 0 radical (unpaired) electrons. The number of alkyl halides is 3. The molecule has 5 nitrogen and oxygen atoms in total. The van der Waals surface area contributed by atoms with E-state index in [1.807, 2.05) is 0 Å². The summed E-state index contributed by atoms with van der Waals surface area (Å²) >= 11 is 0. The van der Waals surface area contributed by atoms with Crippen LogP contribution in [-0.2, 0) is 0 Å². The van der Waals surface area contributed by atoms with Gasteiger partial charge in [0.1, 0.15) is 0 Å². The van der Waals surface area contributed by atoms with Crippen LogP contribution in [0.4, 0.5) is 13.2 Å². The second kappa shape index (κ2) is 4.98. The van der Waals surface area contributed by atoms with E-state index >= 15 is 0 Å². The van der Waals surface area contributed by atoms with Crippen molar-refractivity contribution in [1.29, 1.82) is 0 Å². The second-order valence-corrected chi connectivity index (χ2v) is 5.46. The molecule has 1 aliphatic rings. The topological polar surface area (TPSA) is 69.2 Å². The molecule has 0 bridgehead atoms. The summed E-state index contributed by atoms with van der Waals surface area (Å²) in [5.74, 6) is -0.347. The lowest BCUT2D eigenvalue weighted by atomic mass is 9.90. The van der Waals surface area contributed by atoms with Gasteiger partial charge in [-0.25, -0.2) is 4.98 Å². The number of benzene rings is 1. The largest absolute Gasteiger partial charge is 0.417 e. The van der Waals surface area contributed by atoms with E-state index in [9.17, 15) is 23.1 Å². The van der Waals surface area contributed by atoms with Crippen LogP contribution in [0.5, 0.6) is 0 Å². The van der Waals surface area contributed by atoms with Gasteiger partial charge < -0.3 is 15.0 Å². The Labute approximate surface area is 123 Å². The number of nitrogens with one attached hydrogen (secondary N) is 1. The molecule has 0 aliphatic carbocycles. The minimum atomic E-state index is -4.67. The van der Waals surface area contributed by atoms with Gasteiger partial charge in [0.05, 0.1) is 17.4 Å². The first kappa shape index (κ1) is 14.8. The highest BCUT2D eigenvalue weighted by atomic mass is 19.4. The molecule has 1 aromatic carbocycles. The van der Waals surface area contributed by atoms with Crippen molar-refractivity contribution in [3.63, 3.8) is 0 Å². The number of aromatic amines is 1. The number of piperidine rings is 1. The molecule has 1 fully saturated rings. The number of likely N-dealkylation sites (tertiary alicyclic amines) is 1. The van der Waals surface area contributed by atoms with Crippen LogP contribution in [-0.4, -0.2) is 50.7 Å². The normalized spacial score (nSPS) is 18.6. The van der Waals surface area contributed by atoms with Gasteiger partial charge in [-0.3, -0.25) is 4.79 Å². The standard InChI is InChI=1S/C14H14F3N3O2/c15-14(16,17)13(22)3-5-20(6-4-13)12(21)9-1-2-10-11(7-9)19-8-18-10/h1-2,7-8,22H,3-6H2,(H,18,19). The molecular weight excluding hydrogens is 299 g/mol. The monoisotopic (exact) mass is 313 g/mol. The average Bonchev–Trinajstić information content (AvgIpc) is 2.93. The molecule has 1 amide bonds. The number of halogens is 3. The predicted octanol–water partition coefficient (Wildman–Crippen LogP) is 2.09. The molecule has 118 valence electrons. The first-order valence-corrected chi connectivity index (χ1v) is 6.82. The molecule has 0 unspecified atom stereocenters. The number of carbonyl (C=O) groups excluding carboxylic acids is 1. The summed E-state index contributed by atoms with van der Waals surface area (Å²) in [6.07, 6.45) is -4.18. The molecule has 2 aromatic rings. The van der Waals surface area contributed by atoms with E-state index in [1.54, 1.807) is 18.2 Å². The highest BCUT2D eigenvalue weighted by molar-refractivity contribution is 5.97. The summed E-state index contributed by atoms with van der Waals surface area (Å²) in [4.78, 5) is 20.6. The summed E-state index contributed by atoms with van der Waals surface area (Å²) in [5, 5.41) is 9.62. The van der Waals surface area contributed by atoms with Crippen molar-refractivity contribution >= 4 is 16.9 Å². The lowest BCUT2D eigenvalue weighted by Gasteiger charge is -2.39. The number of imidazole rings is 1. The molecule has 1 saturated heterocycles. The number of aliphatic hydroxyl groups is 1. The van der Waals surface area contributed by atoms with E-state index in [0.717, 1.165) is 0 Å². The number of carbonyl (C=O) groups is 1. The van der Waals surface area contributed by atoms with Crippen LogP contribution in [0, 0.1) is 0 Å². The zero-order valence-corrected chi connectivity index (χ0v) is 11.5. The fourth-order valence-corrected chi connectivity index (χ4v) is 2.61. The third-order valence-electron chi connectivity index (χ3n) is 4.07. The highest BCUT2D eigenvalue weighted by Crippen LogP contribution is 2.38. The van der Waals surface area contributed by atoms with Gasteiger partial charge in [0.25, 0.3) is 5.91 Å². The molecule has 22 heavy (non-hydrogen) atoms. The van der Waals surface area contributed by atoms with E-state index in [0.29, 0.717) is 16.6 Å². The zero-order chi connectivity index (χ0) is 16.0. The number of hydrogen-bond acceptors (Lipinski definition) is 3. The second-order valence-electron chi connectivity index (χ2n) is 5.46. The number of amides is 1. The van der Waals surface area contributed by atoms with Crippen LogP contribution in [0.2, 0.25) is 0 Å². The molecule has 2 heterocycles. The Morgan fingerprint density at radius 2 is 2.00 bits per heavy atom. The average molecular weight is 313 g/mol. The molecule has 1 aromatic heterocycles. The minimum Gasteiger partial charge on any atom is -0.380 e. The number of H-pyrrole nitrogens is 1. The summed E-state index contributed by atoms with van der Waals surface area (Å²) in [6, 6.07) is 4.89. The lowest BCUT2D eigenvalue weighted by molar-refractivity contribution is -0.271. The zero-order valence-electron chi connectivity index (χ0n) is 11.5. The maximum absolute atomic E-state index is 12.8.